The largest absolute Gasteiger partial charge is 0.355 e. The summed E-state index contributed by atoms with van der Waals surface area (Å²) in [5.41, 5.74) is 0. The molecule has 1 saturated heterocycles. The highest BCUT2D eigenvalue weighted by molar-refractivity contribution is 5.76. The monoisotopic (exact) mass is 196 g/mol. The minimum atomic E-state index is 0.208. The van der Waals surface area contributed by atoms with Crippen molar-refractivity contribution in [3.8, 4) is 0 Å². The zero-order valence-corrected chi connectivity index (χ0v) is 8.88. The summed E-state index contributed by atoms with van der Waals surface area (Å²) in [4.78, 5) is 11.0. The van der Waals surface area contributed by atoms with E-state index >= 15 is 0 Å². The summed E-state index contributed by atoms with van der Waals surface area (Å²) < 4.78 is 0. The zero-order valence-electron chi connectivity index (χ0n) is 8.88. The first-order valence-corrected chi connectivity index (χ1v) is 5.78. The minimum absolute atomic E-state index is 0.208. The molecule has 0 aromatic rings. The Balaban J connectivity index is 1.71. The first kappa shape index (κ1) is 9.97. The Bertz CT molecular complexity index is 203. The third kappa shape index (κ3) is 2.27. The molecular weight excluding hydrogens is 176 g/mol. The predicted octanol–water partition coefficient (Wildman–Crippen LogP) is 1.04. The van der Waals surface area contributed by atoms with E-state index < -0.39 is 0 Å². The Morgan fingerprint density at radius 3 is 2.71 bits per heavy atom. The molecule has 1 aliphatic heterocycles. The maximum Gasteiger partial charge on any atom is 0.220 e. The molecule has 0 radical (unpaired) electrons. The van der Waals surface area contributed by atoms with Gasteiger partial charge >= 0.3 is 0 Å². The number of amides is 1. The Hall–Kier alpha value is -0.570. The van der Waals surface area contributed by atoms with Crippen molar-refractivity contribution in [1.82, 2.24) is 10.6 Å². The molecule has 0 aromatic carbocycles. The van der Waals surface area contributed by atoms with Crippen LogP contribution in [-0.2, 0) is 4.79 Å². The molecule has 2 rings (SSSR count). The van der Waals surface area contributed by atoms with E-state index in [1.807, 2.05) is 0 Å². The SMILES string of the molecule is CC(NC1CCC(=O)NC1)C1CCC1. The molecule has 2 aliphatic rings. The predicted molar refractivity (Wildman–Crippen MR) is 56.0 cm³/mol. The second kappa shape index (κ2) is 4.30. The summed E-state index contributed by atoms with van der Waals surface area (Å²) in [6, 6.07) is 1.13. The van der Waals surface area contributed by atoms with Gasteiger partial charge in [-0.2, -0.15) is 0 Å². The third-order valence-electron chi connectivity index (χ3n) is 3.62. The van der Waals surface area contributed by atoms with Crippen LogP contribution in [0.3, 0.4) is 0 Å². The second-order valence-electron chi connectivity index (χ2n) is 4.69. The topological polar surface area (TPSA) is 41.1 Å². The van der Waals surface area contributed by atoms with Crippen LogP contribution in [0.2, 0.25) is 0 Å². The van der Waals surface area contributed by atoms with Crippen LogP contribution < -0.4 is 10.6 Å². The van der Waals surface area contributed by atoms with Crippen molar-refractivity contribution < 1.29 is 4.79 Å². The molecule has 2 unspecified atom stereocenters. The molecule has 2 N–H and O–H groups in total. The van der Waals surface area contributed by atoms with Crippen molar-refractivity contribution in [2.24, 2.45) is 5.92 Å². The summed E-state index contributed by atoms with van der Waals surface area (Å²) in [5.74, 6) is 1.09. The molecule has 3 nitrogen and oxygen atoms in total. The molecule has 2 atom stereocenters. The molecule has 1 saturated carbocycles. The molecule has 2 fully saturated rings. The van der Waals surface area contributed by atoms with E-state index in [2.05, 4.69) is 17.6 Å². The van der Waals surface area contributed by atoms with Gasteiger partial charge in [0.1, 0.15) is 0 Å². The molecule has 0 spiro atoms. The standard InChI is InChI=1S/C11H20N2O/c1-8(9-3-2-4-9)13-10-5-6-11(14)12-7-10/h8-10,13H,2-7H2,1H3,(H,12,14). The van der Waals surface area contributed by atoms with Gasteiger partial charge in [0.05, 0.1) is 0 Å². The molecule has 0 bridgehead atoms. The summed E-state index contributed by atoms with van der Waals surface area (Å²) >= 11 is 0. The highest BCUT2D eigenvalue weighted by atomic mass is 16.1. The van der Waals surface area contributed by atoms with E-state index in [4.69, 9.17) is 0 Å². The van der Waals surface area contributed by atoms with E-state index in [1.165, 1.54) is 19.3 Å². The van der Waals surface area contributed by atoms with Crippen molar-refractivity contribution in [2.45, 2.75) is 51.1 Å². The number of hydrogen-bond acceptors (Lipinski definition) is 2. The fourth-order valence-corrected chi connectivity index (χ4v) is 2.32. The van der Waals surface area contributed by atoms with Crippen molar-refractivity contribution in [3.63, 3.8) is 0 Å². The van der Waals surface area contributed by atoms with Crippen LogP contribution in [0.25, 0.3) is 0 Å². The van der Waals surface area contributed by atoms with Gasteiger partial charge in [-0.25, -0.2) is 0 Å². The van der Waals surface area contributed by atoms with E-state index in [1.54, 1.807) is 0 Å². The number of carbonyl (C=O) groups excluding carboxylic acids is 1. The maximum absolute atomic E-state index is 11.0. The highest BCUT2D eigenvalue weighted by Crippen LogP contribution is 2.29. The van der Waals surface area contributed by atoms with Crippen LogP contribution in [0.4, 0.5) is 0 Å². The zero-order chi connectivity index (χ0) is 9.97. The van der Waals surface area contributed by atoms with E-state index in [0.29, 0.717) is 18.5 Å². The van der Waals surface area contributed by atoms with Crippen molar-refractivity contribution in [1.29, 1.82) is 0 Å². The van der Waals surface area contributed by atoms with Gasteiger partial charge in [-0.3, -0.25) is 4.79 Å². The first-order valence-electron chi connectivity index (χ1n) is 5.78. The minimum Gasteiger partial charge on any atom is -0.355 e. The molecule has 1 amide bonds. The lowest BCUT2D eigenvalue weighted by atomic mass is 9.80. The number of hydrogen-bond donors (Lipinski definition) is 2. The highest BCUT2D eigenvalue weighted by Gasteiger charge is 2.26. The number of carbonyl (C=O) groups is 1. The molecular formula is C11H20N2O. The Labute approximate surface area is 85.6 Å². The lowest BCUT2D eigenvalue weighted by Crippen LogP contribution is -2.51. The van der Waals surface area contributed by atoms with Crippen molar-refractivity contribution in [3.05, 3.63) is 0 Å². The van der Waals surface area contributed by atoms with Crippen LogP contribution >= 0.6 is 0 Å². The summed E-state index contributed by atoms with van der Waals surface area (Å²) in [5, 5.41) is 6.54. The smallest absolute Gasteiger partial charge is 0.220 e. The normalized spacial score (nSPS) is 30.6. The van der Waals surface area contributed by atoms with Crippen LogP contribution in [0.5, 0.6) is 0 Å². The lowest BCUT2D eigenvalue weighted by molar-refractivity contribution is -0.122. The Morgan fingerprint density at radius 1 is 1.43 bits per heavy atom. The van der Waals surface area contributed by atoms with Gasteiger partial charge in [0.2, 0.25) is 5.91 Å². The van der Waals surface area contributed by atoms with E-state index in [-0.39, 0.29) is 5.91 Å². The average molecular weight is 196 g/mol. The van der Waals surface area contributed by atoms with E-state index in [0.717, 1.165) is 18.9 Å². The van der Waals surface area contributed by atoms with Gasteiger partial charge < -0.3 is 10.6 Å². The number of nitrogens with one attached hydrogen (secondary N) is 2. The van der Waals surface area contributed by atoms with Crippen LogP contribution in [0.1, 0.15) is 39.0 Å². The quantitative estimate of drug-likeness (QED) is 0.708. The van der Waals surface area contributed by atoms with Crippen LogP contribution in [-0.4, -0.2) is 24.5 Å². The molecule has 80 valence electrons. The average Bonchev–Trinajstić information content (AvgIpc) is 2.06. The second-order valence-corrected chi connectivity index (χ2v) is 4.69. The van der Waals surface area contributed by atoms with E-state index in [9.17, 15) is 4.79 Å². The van der Waals surface area contributed by atoms with Gasteiger partial charge in [-0.1, -0.05) is 6.42 Å². The first-order chi connectivity index (χ1) is 6.75. The van der Waals surface area contributed by atoms with Crippen LogP contribution in [0.15, 0.2) is 0 Å². The Morgan fingerprint density at radius 2 is 2.21 bits per heavy atom. The van der Waals surface area contributed by atoms with Gasteiger partial charge in [-0.15, -0.1) is 0 Å². The lowest BCUT2D eigenvalue weighted by Gasteiger charge is -2.35. The van der Waals surface area contributed by atoms with Crippen molar-refractivity contribution >= 4 is 5.91 Å². The van der Waals surface area contributed by atoms with Gasteiger partial charge in [-0.05, 0) is 32.1 Å². The molecule has 1 aliphatic carbocycles. The van der Waals surface area contributed by atoms with Gasteiger partial charge in [0.15, 0.2) is 0 Å². The summed E-state index contributed by atoms with van der Waals surface area (Å²) in [6.45, 7) is 3.09. The molecule has 3 heteroatoms. The van der Waals surface area contributed by atoms with Crippen molar-refractivity contribution in [2.75, 3.05) is 6.54 Å². The number of rotatable bonds is 3. The van der Waals surface area contributed by atoms with Crippen LogP contribution in [0, 0.1) is 5.92 Å². The summed E-state index contributed by atoms with van der Waals surface area (Å²) in [6.07, 6.45) is 5.86. The fraction of sp³-hybridized carbons (Fsp3) is 0.909. The number of piperidine rings is 1. The molecule has 14 heavy (non-hydrogen) atoms. The molecule has 0 aromatic heterocycles. The molecule has 1 heterocycles. The van der Waals surface area contributed by atoms with Gasteiger partial charge in [0, 0.05) is 25.0 Å². The maximum atomic E-state index is 11.0. The van der Waals surface area contributed by atoms with Gasteiger partial charge in [0.25, 0.3) is 0 Å². The Kier molecular flexibility index (Phi) is 3.06. The fourth-order valence-electron chi connectivity index (χ4n) is 2.32. The summed E-state index contributed by atoms with van der Waals surface area (Å²) in [7, 11) is 0. The third-order valence-corrected chi connectivity index (χ3v) is 3.62.